The Bertz CT molecular complexity index is 1340. The van der Waals surface area contributed by atoms with Gasteiger partial charge in [-0.1, -0.05) is 18.2 Å². The van der Waals surface area contributed by atoms with Crippen LogP contribution in [0.1, 0.15) is 33.3 Å². The van der Waals surface area contributed by atoms with Gasteiger partial charge >= 0.3 is 12.1 Å². The predicted octanol–water partition coefficient (Wildman–Crippen LogP) is 4.87. The van der Waals surface area contributed by atoms with Crippen molar-refractivity contribution >= 4 is 28.5 Å². The van der Waals surface area contributed by atoms with Gasteiger partial charge in [-0.25, -0.2) is 9.48 Å². The average molecular weight is 454 g/mol. The van der Waals surface area contributed by atoms with Crippen LogP contribution in [0.15, 0.2) is 67.0 Å². The zero-order valence-electron chi connectivity index (χ0n) is 17.3. The fourth-order valence-electron chi connectivity index (χ4n) is 3.39. The molecular formula is C23H17F3N4O3. The molecule has 0 bridgehead atoms. The lowest BCUT2D eigenvalue weighted by molar-refractivity contribution is -0.143. The number of anilines is 1. The van der Waals surface area contributed by atoms with Crippen molar-refractivity contribution in [3.63, 3.8) is 0 Å². The molecule has 0 aliphatic rings. The number of amides is 1. The molecule has 33 heavy (non-hydrogen) atoms. The molecule has 0 unspecified atom stereocenters. The van der Waals surface area contributed by atoms with Crippen molar-refractivity contribution in [3.05, 3.63) is 83.8 Å². The lowest BCUT2D eigenvalue weighted by Crippen LogP contribution is -2.19. The Balaban J connectivity index is 1.69. The molecule has 0 aliphatic carbocycles. The molecule has 4 rings (SSSR count). The molecule has 0 radical (unpaired) electrons. The van der Waals surface area contributed by atoms with E-state index in [-0.39, 0.29) is 18.0 Å². The number of pyridine rings is 1. The number of esters is 1. The fraction of sp³-hybridized carbons (Fsp3) is 0.130. The van der Waals surface area contributed by atoms with E-state index in [4.69, 9.17) is 4.74 Å². The molecule has 2 heterocycles. The van der Waals surface area contributed by atoms with Crippen LogP contribution in [0.25, 0.3) is 16.6 Å². The van der Waals surface area contributed by atoms with E-state index >= 15 is 0 Å². The van der Waals surface area contributed by atoms with Crippen molar-refractivity contribution in [1.29, 1.82) is 0 Å². The third-order valence-electron chi connectivity index (χ3n) is 4.77. The summed E-state index contributed by atoms with van der Waals surface area (Å²) in [6.45, 7) is 1.42. The van der Waals surface area contributed by atoms with Crippen LogP contribution in [-0.4, -0.2) is 33.2 Å². The van der Waals surface area contributed by atoms with Gasteiger partial charge in [0.05, 0.1) is 24.0 Å². The Labute approximate surface area is 185 Å². The average Bonchev–Trinajstić information content (AvgIpc) is 3.25. The molecule has 2 aromatic heterocycles. The molecular weight excluding hydrogens is 437 g/mol. The standard InChI is InChI=1S/C23H17F3N4O3/c1-2-33-22(32)18-13-28-30(20(18)23(24,25)26)15-7-3-6-14(12-15)29-21(31)17-8-4-10-19-16(17)9-5-11-27-19/h3-13H,2H2,1H3,(H,29,31). The van der Waals surface area contributed by atoms with Crippen molar-refractivity contribution in [2.24, 2.45) is 0 Å². The first-order valence-corrected chi connectivity index (χ1v) is 9.87. The van der Waals surface area contributed by atoms with E-state index < -0.39 is 29.3 Å². The highest BCUT2D eigenvalue weighted by Crippen LogP contribution is 2.34. The minimum absolute atomic E-state index is 0.00950. The van der Waals surface area contributed by atoms with E-state index in [9.17, 15) is 22.8 Å². The number of benzene rings is 2. The van der Waals surface area contributed by atoms with Crippen LogP contribution < -0.4 is 5.32 Å². The number of rotatable bonds is 5. The number of carbonyl (C=O) groups is 2. The summed E-state index contributed by atoms with van der Waals surface area (Å²) in [6, 6.07) is 14.3. The Morgan fingerprint density at radius 2 is 1.85 bits per heavy atom. The second-order valence-electron chi connectivity index (χ2n) is 6.92. The summed E-state index contributed by atoms with van der Waals surface area (Å²) in [6.07, 6.45) is -2.44. The third kappa shape index (κ3) is 4.40. The molecule has 0 saturated heterocycles. The Hall–Kier alpha value is -4.21. The number of fused-ring (bicyclic) bond motifs is 1. The lowest BCUT2D eigenvalue weighted by Gasteiger charge is -2.14. The molecule has 2 aromatic carbocycles. The summed E-state index contributed by atoms with van der Waals surface area (Å²) in [5.74, 6) is -1.57. The molecule has 0 fully saturated rings. The normalized spacial score (nSPS) is 11.4. The van der Waals surface area contributed by atoms with Gasteiger partial charge in [-0.2, -0.15) is 18.3 Å². The Morgan fingerprint density at radius 1 is 1.06 bits per heavy atom. The number of hydrogen-bond acceptors (Lipinski definition) is 5. The minimum atomic E-state index is -4.87. The number of halogens is 3. The summed E-state index contributed by atoms with van der Waals surface area (Å²) >= 11 is 0. The monoisotopic (exact) mass is 454 g/mol. The number of aromatic nitrogens is 3. The van der Waals surface area contributed by atoms with Crippen LogP contribution >= 0.6 is 0 Å². The molecule has 0 saturated carbocycles. The number of carbonyl (C=O) groups excluding carboxylic acids is 2. The number of ether oxygens (including phenoxy) is 1. The molecule has 1 amide bonds. The van der Waals surface area contributed by atoms with Crippen molar-refractivity contribution in [1.82, 2.24) is 14.8 Å². The van der Waals surface area contributed by atoms with E-state index in [1.807, 2.05) is 0 Å². The second kappa shape index (κ2) is 8.73. The quantitative estimate of drug-likeness (QED) is 0.435. The van der Waals surface area contributed by atoms with Gasteiger partial charge in [-0.05, 0) is 43.3 Å². The van der Waals surface area contributed by atoms with Gasteiger partial charge in [0.25, 0.3) is 5.91 Å². The first-order valence-electron chi connectivity index (χ1n) is 9.87. The molecule has 0 atom stereocenters. The number of nitrogens with one attached hydrogen (secondary N) is 1. The summed E-state index contributed by atoms with van der Waals surface area (Å²) in [5, 5.41) is 7.08. The van der Waals surface area contributed by atoms with Gasteiger partial charge in [-0.3, -0.25) is 9.78 Å². The molecule has 7 nitrogen and oxygen atoms in total. The van der Waals surface area contributed by atoms with Crippen LogP contribution in [0.2, 0.25) is 0 Å². The van der Waals surface area contributed by atoms with Crippen molar-refractivity contribution in [2.45, 2.75) is 13.1 Å². The molecule has 4 aromatic rings. The highest BCUT2D eigenvalue weighted by molar-refractivity contribution is 6.12. The lowest BCUT2D eigenvalue weighted by atomic mass is 10.1. The Kier molecular flexibility index (Phi) is 5.82. The molecule has 0 aliphatic heterocycles. The van der Waals surface area contributed by atoms with Crippen LogP contribution in [0.5, 0.6) is 0 Å². The fourth-order valence-corrected chi connectivity index (χ4v) is 3.39. The van der Waals surface area contributed by atoms with E-state index in [1.54, 1.807) is 36.5 Å². The van der Waals surface area contributed by atoms with Crippen molar-refractivity contribution < 1.29 is 27.5 Å². The zero-order chi connectivity index (χ0) is 23.6. The largest absolute Gasteiger partial charge is 0.462 e. The first-order chi connectivity index (χ1) is 15.8. The van der Waals surface area contributed by atoms with E-state index in [2.05, 4.69) is 15.4 Å². The van der Waals surface area contributed by atoms with Gasteiger partial charge in [0, 0.05) is 22.8 Å². The van der Waals surface area contributed by atoms with Crippen molar-refractivity contribution in [2.75, 3.05) is 11.9 Å². The zero-order valence-corrected chi connectivity index (χ0v) is 17.3. The minimum Gasteiger partial charge on any atom is -0.462 e. The van der Waals surface area contributed by atoms with E-state index in [0.717, 1.165) is 6.20 Å². The predicted molar refractivity (Wildman–Crippen MR) is 114 cm³/mol. The van der Waals surface area contributed by atoms with Crippen molar-refractivity contribution in [3.8, 4) is 5.69 Å². The van der Waals surface area contributed by atoms with Crippen LogP contribution in [-0.2, 0) is 10.9 Å². The Morgan fingerprint density at radius 3 is 2.61 bits per heavy atom. The smallest absolute Gasteiger partial charge is 0.434 e. The van der Waals surface area contributed by atoms with Gasteiger partial charge < -0.3 is 10.1 Å². The van der Waals surface area contributed by atoms with Gasteiger partial charge in [-0.15, -0.1) is 0 Å². The van der Waals surface area contributed by atoms with Crippen LogP contribution in [0.3, 0.4) is 0 Å². The van der Waals surface area contributed by atoms with Gasteiger partial charge in [0.2, 0.25) is 0 Å². The maximum atomic E-state index is 13.8. The summed E-state index contributed by atoms with van der Waals surface area (Å²) in [5.41, 5.74) is -0.691. The molecule has 1 N–H and O–H groups in total. The molecule has 10 heteroatoms. The number of hydrogen-bond donors (Lipinski definition) is 1. The highest BCUT2D eigenvalue weighted by Gasteiger charge is 2.41. The maximum absolute atomic E-state index is 13.8. The second-order valence-corrected chi connectivity index (χ2v) is 6.92. The summed E-state index contributed by atoms with van der Waals surface area (Å²) in [4.78, 5) is 29.1. The van der Waals surface area contributed by atoms with E-state index in [1.165, 1.54) is 31.2 Å². The molecule has 168 valence electrons. The molecule has 0 spiro atoms. The van der Waals surface area contributed by atoms with Crippen LogP contribution in [0.4, 0.5) is 18.9 Å². The van der Waals surface area contributed by atoms with Gasteiger partial charge in [0.15, 0.2) is 5.69 Å². The summed E-state index contributed by atoms with van der Waals surface area (Å²) in [7, 11) is 0. The van der Waals surface area contributed by atoms with Gasteiger partial charge in [0.1, 0.15) is 5.56 Å². The summed E-state index contributed by atoms with van der Waals surface area (Å²) < 4.78 is 46.6. The number of alkyl halides is 3. The van der Waals surface area contributed by atoms with E-state index in [0.29, 0.717) is 21.1 Å². The number of nitrogens with zero attached hydrogens (tertiary/aromatic N) is 3. The topological polar surface area (TPSA) is 86.1 Å². The van der Waals surface area contributed by atoms with Crippen LogP contribution in [0, 0.1) is 0 Å². The maximum Gasteiger partial charge on any atom is 0.434 e. The first kappa shape index (κ1) is 22.0. The third-order valence-corrected chi connectivity index (χ3v) is 4.77. The highest BCUT2D eigenvalue weighted by atomic mass is 19.4. The SMILES string of the molecule is CCOC(=O)c1cnn(-c2cccc(NC(=O)c3cccc4ncccc34)c2)c1C(F)(F)F.